The highest BCUT2D eigenvalue weighted by atomic mass is 14.9. The third kappa shape index (κ3) is 2.73. The first-order valence-electron chi connectivity index (χ1n) is 6.81. The molecule has 0 saturated heterocycles. The Morgan fingerprint density at radius 1 is 1.33 bits per heavy atom. The summed E-state index contributed by atoms with van der Waals surface area (Å²) >= 11 is 0. The number of nitrogens with one attached hydrogen (secondary N) is 1. The second kappa shape index (κ2) is 5.12. The van der Waals surface area contributed by atoms with Crippen molar-refractivity contribution in [3.8, 4) is 6.07 Å². The molecular weight excluding hydrogens is 220 g/mol. The highest BCUT2D eigenvalue weighted by Gasteiger charge is 2.44. The maximum absolute atomic E-state index is 8.92. The Bertz CT molecular complexity index is 452. The summed E-state index contributed by atoms with van der Waals surface area (Å²) in [6, 6.07) is 10.4. The summed E-state index contributed by atoms with van der Waals surface area (Å²) in [5.41, 5.74) is 2.47. The van der Waals surface area contributed by atoms with Crippen molar-refractivity contribution >= 4 is 0 Å². The molecule has 0 aromatic heterocycles. The van der Waals surface area contributed by atoms with E-state index in [2.05, 4.69) is 38.2 Å². The van der Waals surface area contributed by atoms with Gasteiger partial charge in [0.1, 0.15) is 0 Å². The fourth-order valence-electron chi connectivity index (χ4n) is 2.47. The first kappa shape index (κ1) is 13.1. The molecule has 1 aromatic carbocycles. The lowest BCUT2D eigenvalue weighted by Gasteiger charge is -2.23. The zero-order valence-corrected chi connectivity index (χ0v) is 11.5. The highest BCUT2D eigenvalue weighted by molar-refractivity contribution is 5.34. The molecule has 0 radical (unpaired) electrons. The van der Waals surface area contributed by atoms with Crippen molar-refractivity contribution in [3.63, 3.8) is 0 Å². The van der Waals surface area contributed by atoms with Gasteiger partial charge in [-0.3, -0.25) is 0 Å². The van der Waals surface area contributed by atoms with Crippen molar-refractivity contribution in [2.45, 2.75) is 39.7 Å². The second-order valence-electron chi connectivity index (χ2n) is 5.86. The van der Waals surface area contributed by atoms with Crippen molar-refractivity contribution in [1.82, 2.24) is 5.32 Å². The maximum atomic E-state index is 8.92. The van der Waals surface area contributed by atoms with Crippen LogP contribution in [0.3, 0.4) is 0 Å². The van der Waals surface area contributed by atoms with E-state index in [9.17, 15) is 0 Å². The van der Waals surface area contributed by atoms with E-state index >= 15 is 0 Å². The Morgan fingerprint density at radius 3 is 2.61 bits per heavy atom. The van der Waals surface area contributed by atoms with Gasteiger partial charge < -0.3 is 5.32 Å². The van der Waals surface area contributed by atoms with Gasteiger partial charge in [0, 0.05) is 12.6 Å². The van der Waals surface area contributed by atoms with E-state index in [0.29, 0.717) is 11.5 Å². The smallest absolute Gasteiger partial charge is 0.0991 e. The molecule has 2 rings (SSSR count). The van der Waals surface area contributed by atoms with Crippen molar-refractivity contribution < 1.29 is 0 Å². The van der Waals surface area contributed by atoms with Crippen LogP contribution >= 0.6 is 0 Å². The van der Waals surface area contributed by atoms with Crippen LogP contribution in [0.15, 0.2) is 24.3 Å². The van der Waals surface area contributed by atoms with E-state index in [1.165, 1.54) is 18.4 Å². The molecule has 1 unspecified atom stereocenters. The molecule has 1 fully saturated rings. The summed E-state index contributed by atoms with van der Waals surface area (Å²) in [4.78, 5) is 0. The predicted molar refractivity (Wildman–Crippen MR) is 74.1 cm³/mol. The third-order valence-corrected chi connectivity index (χ3v) is 4.39. The molecule has 1 aromatic rings. The standard InChI is InChI=1S/C16H22N2/c1-12(2)16(7-8-16)11-18-13(3)15-6-4-5-14(9-15)10-17/h4-6,9,12-13,18H,7-8,11H2,1-3H3. The van der Waals surface area contributed by atoms with Gasteiger partial charge in [0.25, 0.3) is 0 Å². The molecule has 0 spiro atoms. The summed E-state index contributed by atoms with van der Waals surface area (Å²) in [7, 11) is 0. The lowest BCUT2D eigenvalue weighted by atomic mass is 9.92. The summed E-state index contributed by atoms with van der Waals surface area (Å²) in [5, 5.41) is 12.5. The van der Waals surface area contributed by atoms with Crippen LogP contribution in [0.4, 0.5) is 0 Å². The molecule has 0 bridgehead atoms. The van der Waals surface area contributed by atoms with Gasteiger partial charge >= 0.3 is 0 Å². The summed E-state index contributed by atoms with van der Waals surface area (Å²) in [6.45, 7) is 7.89. The minimum atomic E-state index is 0.314. The van der Waals surface area contributed by atoms with Crippen LogP contribution in [0.5, 0.6) is 0 Å². The maximum Gasteiger partial charge on any atom is 0.0991 e. The van der Waals surface area contributed by atoms with E-state index < -0.39 is 0 Å². The molecule has 96 valence electrons. The topological polar surface area (TPSA) is 35.8 Å². The quantitative estimate of drug-likeness (QED) is 0.855. The van der Waals surface area contributed by atoms with Crippen LogP contribution < -0.4 is 5.32 Å². The zero-order chi connectivity index (χ0) is 13.2. The molecule has 0 aliphatic heterocycles. The van der Waals surface area contributed by atoms with Gasteiger partial charge in [-0.2, -0.15) is 5.26 Å². The van der Waals surface area contributed by atoms with E-state index in [0.717, 1.165) is 18.0 Å². The molecule has 1 aliphatic rings. The van der Waals surface area contributed by atoms with Crippen LogP contribution in [0.1, 0.15) is 50.8 Å². The molecule has 0 heterocycles. The first-order valence-corrected chi connectivity index (χ1v) is 6.81. The Labute approximate surface area is 110 Å². The van der Waals surface area contributed by atoms with Crippen molar-refractivity contribution in [3.05, 3.63) is 35.4 Å². The molecular formula is C16H22N2. The Hall–Kier alpha value is -1.33. The fraction of sp³-hybridized carbons (Fsp3) is 0.562. The Morgan fingerprint density at radius 2 is 2.06 bits per heavy atom. The average molecular weight is 242 g/mol. The van der Waals surface area contributed by atoms with Gasteiger partial charge in [0.05, 0.1) is 11.6 Å². The van der Waals surface area contributed by atoms with Crippen molar-refractivity contribution in [2.75, 3.05) is 6.54 Å². The normalized spacial score (nSPS) is 18.4. The van der Waals surface area contributed by atoms with Gasteiger partial charge in [0.2, 0.25) is 0 Å². The fourth-order valence-corrected chi connectivity index (χ4v) is 2.47. The second-order valence-corrected chi connectivity index (χ2v) is 5.86. The Balaban J connectivity index is 1.96. The average Bonchev–Trinajstić information content (AvgIpc) is 3.17. The molecule has 1 N–H and O–H groups in total. The number of hydrogen-bond acceptors (Lipinski definition) is 2. The van der Waals surface area contributed by atoms with Gasteiger partial charge in [-0.05, 0) is 48.8 Å². The third-order valence-electron chi connectivity index (χ3n) is 4.39. The minimum absolute atomic E-state index is 0.314. The summed E-state index contributed by atoms with van der Waals surface area (Å²) in [6.07, 6.45) is 2.70. The van der Waals surface area contributed by atoms with Crippen LogP contribution in [0, 0.1) is 22.7 Å². The monoisotopic (exact) mass is 242 g/mol. The number of hydrogen-bond donors (Lipinski definition) is 1. The van der Waals surface area contributed by atoms with Crippen molar-refractivity contribution in [2.24, 2.45) is 11.3 Å². The van der Waals surface area contributed by atoms with Crippen LogP contribution in [0.2, 0.25) is 0 Å². The predicted octanol–water partition coefficient (Wildman–Crippen LogP) is 3.65. The lowest BCUT2D eigenvalue weighted by molar-refractivity contribution is 0.325. The van der Waals surface area contributed by atoms with E-state index in [1.54, 1.807) is 0 Å². The number of nitriles is 1. The Kier molecular flexibility index (Phi) is 3.73. The molecule has 2 nitrogen and oxygen atoms in total. The van der Waals surface area contributed by atoms with Gasteiger partial charge in [-0.25, -0.2) is 0 Å². The molecule has 2 heteroatoms. The summed E-state index contributed by atoms with van der Waals surface area (Å²) in [5.74, 6) is 0.752. The summed E-state index contributed by atoms with van der Waals surface area (Å²) < 4.78 is 0. The first-order chi connectivity index (χ1) is 8.57. The SMILES string of the molecule is CC(NCC1(C(C)C)CC1)c1cccc(C#N)c1. The van der Waals surface area contributed by atoms with E-state index in [-0.39, 0.29) is 0 Å². The van der Waals surface area contributed by atoms with Gasteiger partial charge in [-0.15, -0.1) is 0 Å². The van der Waals surface area contributed by atoms with Crippen LogP contribution in [0.25, 0.3) is 0 Å². The van der Waals surface area contributed by atoms with E-state index in [1.807, 2.05) is 18.2 Å². The lowest BCUT2D eigenvalue weighted by Crippen LogP contribution is -2.29. The van der Waals surface area contributed by atoms with Gasteiger partial charge in [0.15, 0.2) is 0 Å². The van der Waals surface area contributed by atoms with Gasteiger partial charge in [-0.1, -0.05) is 26.0 Å². The highest BCUT2D eigenvalue weighted by Crippen LogP contribution is 2.51. The largest absolute Gasteiger partial charge is 0.310 e. The molecule has 0 amide bonds. The van der Waals surface area contributed by atoms with E-state index in [4.69, 9.17) is 5.26 Å². The number of rotatable bonds is 5. The molecule has 18 heavy (non-hydrogen) atoms. The van der Waals surface area contributed by atoms with Crippen molar-refractivity contribution in [1.29, 1.82) is 5.26 Å². The zero-order valence-electron chi connectivity index (χ0n) is 11.5. The molecule has 1 aliphatic carbocycles. The van der Waals surface area contributed by atoms with Crippen LogP contribution in [-0.4, -0.2) is 6.54 Å². The number of benzene rings is 1. The number of nitrogens with zero attached hydrogens (tertiary/aromatic N) is 1. The molecule has 1 saturated carbocycles. The van der Waals surface area contributed by atoms with Crippen LogP contribution in [-0.2, 0) is 0 Å². The minimum Gasteiger partial charge on any atom is -0.310 e. The molecule has 1 atom stereocenters.